The SMILES string of the molecule is O=S([O-])c1c[nH]c2c(C(F)(F)F)c(Cl)ccc12. The summed E-state index contributed by atoms with van der Waals surface area (Å²) in [6, 6.07) is 2.26. The molecule has 1 atom stereocenters. The van der Waals surface area contributed by atoms with Crippen LogP contribution in [0.1, 0.15) is 5.56 Å². The monoisotopic (exact) mass is 282 g/mol. The summed E-state index contributed by atoms with van der Waals surface area (Å²) in [5, 5.41) is -0.509. The van der Waals surface area contributed by atoms with E-state index in [4.69, 9.17) is 11.6 Å². The largest absolute Gasteiger partial charge is 0.768 e. The van der Waals surface area contributed by atoms with Gasteiger partial charge in [-0.3, -0.25) is 4.21 Å². The number of rotatable bonds is 1. The van der Waals surface area contributed by atoms with Gasteiger partial charge in [0.05, 0.1) is 21.0 Å². The molecule has 0 saturated heterocycles. The lowest BCUT2D eigenvalue weighted by Crippen LogP contribution is -2.06. The molecule has 8 heteroatoms. The van der Waals surface area contributed by atoms with Crippen molar-refractivity contribution >= 4 is 33.6 Å². The van der Waals surface area contributed by atoms with Crippen LogP contribution in [-0.4, -0.2) is 13.7 Å². The summed E-state index contributed by atoms with van der Waals surface area (Å²) in [5.41, 5.74) is -1.39. The highest BCUT2D eigenvalue weighted by Crippen LogP contribution is 2.40. The maximum absolute atomic E-state index is 12.7. The molecular weight excluding hydrogens is 279 g/mol. The number of hydrogen-bond acceptors (Lipinski definition) is 2. The Balaban J connectivity index is 2.84. The van der Waals surface area contributed by atoms with Crippen LogP contribution in [-0.2, 0) is 17.3 Å². The average molecular weight is 283 g/mol. The molecule has 2 aromatic rings. The second kappa shape index (κ2) is 4.01. The summed E-state index contributed by atoms with van der Waals surface area (Å²) in [4.78, 5) is 2.07. The normalized spacial score (nSPS) is 14.2. The van der Waals surface area contributed by atoms with Crippen molar-refractivity contribution in [3.05, 3.63) is 28.9 Å². The minimum atomic E-state index is -4.65. The summed E-state index contributed by atoms with van der Waals surface area (Å²) in [6.07, 6.45) is -3.65. The molecule has 17 heavy (non-hydrogen) atoms. The van der Waals surface area contributed by atoms with Crippen molar-refractivity contribution in [2.45, 2.75) is 11.1 Å². The topological polar surface area (TPSA) is 55.9 Å². The maximum Gasteiger partial charge on any atom is 0.419 e. The molecule has 0 aliphatic heterocycles. The van der Waals surface area contributed by atoms with Crippen molar-refractivity contribution < 1.29 is 21.9 Å². The molecule has 1 aromatic carbocycles. The highest BCUT2D eigenvalue weighted by Gasteiger charge is 2.36. The van der Waals surface area contributed by atoms with Gasteiger partial charge in [0.1, 0.15) is 0 Å². The molecule has 0 bridgehead atoms. The summed E-state index contributed by atoms with van der Waals surface area (Å²) >= 11 is 2.88. The van der Waals surface area contributed by atoms with Crippen molar-refractivity contribution in [3.63, 3.8) is 0 Å². The Labute approximate surface area is 101 Å². The minimum absolute atomic E-state index is 0.0324. The van der Waals surface area contributed by atoms with Crippen LogP contribution in [0.4, 0.5) is 13.2 Å². The van der Waals surface area contributed by atoms with E-state index in [0.29, 0.717) is 0 Å². The first-order valence-electron chi connectivity index (χ1n) is 4.28. The molecule has 0 spiro atoms. The smallest absolute Gasteiger partial charge is 0.419 e. The van der Waals surface area contributed by atoms with Crippen LogP contribution in [0.5, 0.6) is 0 Å². The zero-order chi connectivity index (χ0) is 12.8. The highest BCUT2D eigenvalue weighted by molar-refractivity contribution is 7.79. The number of H-pyrrole nitrogens is 1. The molecule has 0 aliphatic rings. The lowest BCUT2D eigenvalue weighted by atomic mass is 10.1. The third-order valence-corrected chi connectivity index (χ3v) is 3.24. The van der Waals surface area contributed by atoms with Gasteiger partial charge in [0.2, 0.25) is 0 Å². The Hall–Kier alpha value is -1.05. The molecule has 0 radical (unpaired) electrons. The molecule has 1 heterocycles. The summed E-state index contributed by atoms with van der Waals surface area (Å²) in [5.74, 6) is 0. The number of nitrogens with one attached hydrogen (secondary N) is 1. The van der Waals surface area contributed by atoms with Crippen LogP contribution in [0.25, 0.3) is 10.9 Å². The van der Waals surface area contributed by atoms with E-state index in [1.165, 1.54) is 6.07 Å². The number of hydrogen-bond donors (Lipinski definition) is 1. The van der Waals surface area contributed by atoms with Gasteiger partial charge in [-0.15, -0.1) is 0 Å². The average Bonchev–Trinajstić information content (AvgIpc) is 2.58. The molecule has 1 aromatic heterocycles. The van der Waals surface area contributed by atoms with Gasteiger partial charge in [0.15, 0.2) is 0 Å². The van der Waals surface area contributed by atoms with Gasteiger partial charge < -0.3 is 9.54 Å². The molecule has 0 saturated carbocycles. The van der Waals surface area contributed by atoms with Gasteiger partial charge in [-0.05, 0) is 17.1 Å². The van der Waals surface area contributed by atoms with Crippen LogP contribution in [0.3, 0.4) is 0 Å². The standard InChI is InChI=1S/C9H5ClF3NO2S/c10-5-2-1-4-6(17(15)16)3-14-8(4)7(5)9(11,12)13/h1-3,14H,(H,15,16)/p-1. The van der Waals surface area contributed by atoms with E-state index in [1.54, 1.807) is 0 Å². The maximum atomic E-state index is 12.7. The van der Waals surface area contributed by atoms with E-state index in [2.05, 4.69) is 4.98 Å². The van der Waals surface area contributed by atoms with E-state index >= 15 is 0 Å². The molecule has 92 valence electrons. The lowest BCUT2D eigenvalue weighted by molar-refractivity contribution is -0.136. The summed E-state index contributed by atoms with van der Waals surface area (Å²) < 4.78 is 59.8. The van der Waals surface area contributed by atoms with Crippen molar-refractivity contribution in [1.29, 1.82) is 0 Å². The predicted molar refractivity (Wildman–Crippen MR) is 55.5 cm³/mol. The van der Waals surface area contributed by atoms with E-state index in [0.717, 1.165) is 12.3 Å². The highest BCUT2D eigenvalue weighted by atomic mass is 35.5. The van der Waals surface area contributed by atoms with Crippen LogP contribution >= 0.6 is 11.6 Å². The second-order valence-corrected chi connectivity index (χ2v) is 4.55. The molecule has 0 amide bonds. The molecule has 1 unspecified atom stereocenters. The minimum Gasteiger partial charge on any atom is -0.768 e. The first-order valence-corrected chi connectivity index (χ1v) is 5.73. The van der Waals surface area contributed by atoms with Crippen molar-refractivity contribution in [2.75, 3.05) is 0 Å². The zero-order valence-corrected chi connectivity index (χ0v) is 9.54. The number of fused-ring (bicyclic) bond motifs is 1. The third-order valence-electron chi connectivity index (χ3n) is 2.23. The third kappa shape index (κ3) is 2.05. The van der Waals surface area contributed by atoms with E-state index in [9.17, 15) is 21.9 Å². The fourth-order valence-corrected chi connectivity index (χ4v) is 2.33. The van der Waals surface area contributed by atoms with Gasteiger partial charge in [-0.25, -0.2) is 0 Å². The van der Waals surface area contributed by atoms with Crippen LogP contribution in [0.15, 0.2) is 23.2 Å². The van der Waals surface area contributed by atoms with Gasteiger partial charge in [0, 0.05) is 11.6 Å². The fraction of sp³-hybridized carbons (Fsp3) is 0.111. The van der Waals surface area contributed by atoms with E-state index < -0.39 is 27.8 Å². The number of aromatic nitrogens is 1. The number of benzene rings is 1. The van der Waals surface area contributed by atoms with E-state index in [-0.39, 0.29) is 15.8 Å². The van der Waals surface area contributed by atoms with E-state index in [1.807, 2.05) is 0 Å². The Kier molecular flexibility index (Phi) is 2.92. The Bertz CT molecular complexity index is 608. The fourth-order valence-electron chi connectivity index (χ4n) is 1.56. The Morgan fingerprint density at radius 3 is 2.53 bits per heavy atom. The van der Waals surface area contributed by atoms with Gasteiger partial charge in [-0.1, -0.05) is 17.7 Å². The lowest BCUT2D eigenvalue weighted by Gasteiger charge is -2.10. The quantitative estimate of drug-likeness (QED) is 0.817. The Morgan fingerprint density at radius 2 is 2.00 bits per heavy atom. The van der Waals surface area contributed by atoms with Crippen molar-refractivity contribution in [1.82, 2.24) is 4.98 Å². The first-order chi connectivity index (χ1) is 7.82. The predicted octanol–water partition coefficient (Wildman–Crippen LogP) is 3.08. The van der Waals surface area contributed by atoms with Crippen LogP contribution in [0, 0.1) is 0 Å². The molecule has 2 rings (SSSR count). The summed E-state index contributed by atoms with van der Waals surface area (Å²) in [6.45, 7) is 0. The molecule has 0 aliphatic carbocycles. The Morgan fingerprint density at radius 1 is 1.35 bits per heavy atom. The number of aromatic amines is 1. The van der Waals surface area contributed by atoms with Gasteiger partial charge in [-0.2, -0.15) is 13.2 Å². The van der Waals surface area contributed by atoms with Gasteiger partial charge >= 0.3 is 6.18 Å². The molecule has 3 nitrogen and oxygen atoms in total. The number of alkyl halides is 3. The zero-order valence-electron chi connectivity index (χ0n) is 7.97. The van der Waals surface area contributed by atoms with Crippen molar-refractivity contribution in [3.8, 4) is 0 Å². The number of halogens is 4. The first kappa shape index (κ1) is 12.4. The molecule has 1 N–H and O–H groups in total. The van der Waals surface area contributed by atoms with Gasteiger partial charge in [0.25, 0.3) is 0 Å². The van der Waals surface area contributed by atoms with Crippen molar-refractivity contribution in [2.24, 2.45) is 0 Å². The molecule has 0 fully saturated rings. The van der Waals surface area contributed by atoms with Crippen LogP contribution < -0.4 is 0 Å². The second-order valence-electron chi connectivity index (χ2n) is 3.23. The molecular formula is C9H4ClF3NO2S-. The summed E-state index contributed by atoms with van der Waals surface area (Å²) in [7, 11) is 0. The van der Waals surface area contributed by atoms with Crippen LogP contribution in [0.2, 0.25) is 5.02 Å².